The van der Waals surface area contributed by atoms with Gasteiger partial charge in [-0.3, -0.25) is 4.98 Å². The van der Waals surface area contributed by atoms with Crippen molar-refractivity contribution < 1.29 is 22.0 Å². The molecule has 0 spiro atoms. The standard InChI is InChI=1S/C30H32F5N5/c1-17(2)11-19-13-22(21-7-8-26(31)38-28(21)32)36-24(14-19)29(5,6)25-15-20(12-18(3)4)16-27(37-25)40-10-9-23(39-40)30(33,34)35/h7-10,13-18H,11-12H2,1-6H3. The van der Waals surface area contributed by atoms with Crippen molar-refractivity contribution in [3.8, 4) is 17.1 Å². The fourth-order valence-electron chi connectivity index (χ4n) is 4.57. The van der Waals surface area contributed by atoms with Gasteiger partial charge in [0.05, 0.1) is 22.6 Å². The zero-order chi connectivity index (χ0) is 29.4. The van der Waals surface area contributed by atoms with E-state index in [9.17, 15) is 22.0 Å². The van der Waals surface area contributed by atoms with E-state index in [2.05, 4.69) is 37.8 Å². The van der Waals surface area contributed by atoms with Crippen molar-refractivity contribution in [2.75, 3.05) is 0 Å². The Balaban J connectivity index is 1.88. The minimum atomic E-state index is -4.58. The fourth-order valence-corrected chi connectivity index (χ4v) is 4.57. The van der Waals surface area contributed by atoms with Crippen LogP contribution in [-0.4, -0.2) is 24.7 Å². The first-order valence-corrected chi connectivity index (χ1v) is 13.1. The molecule has 4 heterocycles. The summed E-state index contributed by atoms with van der Waals surface area (Å²) in [5.74, 6) is -1.06. The smallest absolute Gasteiger partial charge is 0.252 e. The molecule has 0 aliphatic rings. The molecule has 0 amide bonds. The van der Waals surface area contributed by atoms with E-state index in [-0.39, 0.29) is 17.3 Å². The Labute approximate surface area is 230 Å². The lowest BCUT2D eigenvalue weighted by Crippen LogP contribution is -2.24. The molecule has 0 saturated heterocycles. The molecule has 0 aliphatic carbocycles. The van der Waals surface area contributed by atoms with Gasteiger partial charge in [-0.15, -0.1) is 0 Å². The van der Waals surface area contributed by atoms with Crippen LogP contribution in [-0.2, 0) is 24.4 Å². The highest BCUT2D eigenvalue weighted by atomic mass is 19.4. The van der Waals surface area contributed by atoms with E-state index in [4.69, 9.17) is 9.97 Å². The highest BCUT2D eigenvalue weighted by Gasteiger charge is 2.34. The molecule has 0 aromatic carbocycles. The van der Waals surface area contributed by atoms with Crippen LogP contribution in [0.4, 0.5) is 22.0 Å². The van der Waals surface area contributed by atoms with E-state index in [0.29, 0.717) is 35.8 Å². The summed E-state index contributed by atoms with van der Waals surface area (Å²) in [5.41, 5.74) is 1.49. The van der Waals surface area contributed by atoms with Crippen molar-refractivity contribution in [3.63, 3.8) is 0 Å². The van der Waals surface area contributed by atoms with Crippen LogP contribution in [0.3, 0.4) is 0 Å². The second-order valence-electron chi connectivity index (χ2n) is 11.4. The Morgan fingerprint density at radius 3 is 1.90 bits per heavy atom. The van der Waals surface area contributed by atoms with Crippen LogP contribution < -0.4 is 0 Å². The molecule has 10 heteroatoms. The average molecular weight is 558 g/mol. The molecule has 40 heavy (non-hydrogen) atoms. The summed E-state index contributed by atoms with van der Waals surface area (Å²) in [6.07, 6.45) is -1.98. The van der Waals surface area contributed by atoms with Crippen LogP contribution in [0, 0.1) is 23.7 Å². The number of rotatable bonds is 8. The van der Waals surface area contributed by atoms with Gasteiger partial charge in [-0.2, -0.15) is 32.0 Å². The van der Waals surface area contributed by atoms with Gasteiger partial charge < -0.3 is 0 Å². The number of nitrogens with zero attached hydrogens (tertiary/aromatic N) is 5. The molecular formula is C30H32F5N5. The predicted octanol–water partition coefficient (Wildman–Crippen LogP) is 7.74. The summed E-state index contributed by atoms with van der Waals surface area (Å²) in [6.45, 7) is 12.0. The van der Waals surface area contributed by atoms with Crippen molar-refractivity contribution in [3.05, 3.63) is 88.8 Å². The topological polar surface area (TPSA) is 56.5 Å². The first kappa shape index (κ1) is 29.3. The van der Waals surface area contributed by atoms with Crippen LogP contribution in [0.2, 0.25) is 0 Å². The average Bonchev–Trinajstić information content (AvgIpc) is 3.34. The number of hydrogen-bond acceptors (Lipinski definition) is 4. The molecule has 5 nitrogen and oxygen atoms in total. The van der Waals surface area contributed by atoms with Crippen molar-refractivity contribution in [1.82, 2.24) is 24.7 Å². The highest BCUT2D eigenvalue weighted by Crippen LogP contribution is 2.34. The third-order valence-corrected chi connectivity index (χ3v) is 6.53. The zero-order valence-corrected chi connectivity index (χ0v) is 23.3. The van der Waals surface area contributed by atoms with Gasteiger partial charge in [0.25, 0.3) is 0 Å². The molecule has 4 aromatic rings. The Hall–Kier alpha value is -3.69. The van der Waals surface area contributed by atoms with Crippen LogP contribution in [0.25, 0.3) is 17.1 Å². The van der Waals surface area contributed by atoms with Crippen molar-refractivity contribution in [2.45, 2.75) is 66.0 Å². The number of alkyl halides is 3. The highest BCUT2D eigenvalue weighted by molar-refractivity contribution is 5.60. The van der Waals surface area contributed by atoms with Crippen LogP contribution >= 0.6 is 0 Å². The van der Waals surface area contributed by atoms with Gasteiger partial charge in [0.1, 0.15) is 0 Å². The summed E-state index contributed by atoms with van der Waals surface area (Å²) in [4.78, 5) is 12.8. The van der Waals surface area contributed by atoms with Gasteiger partial charge in [0, 0.05) is 11.6 Å². The first-order valence-electron chi connectivity index (χ1n) is 13.1. The monoisotopic (exact) mass is 557 g/mol. The number of hydrogen-bond donors (Lipinski definition) is 0. The summed E-state index contributed by atoms with van der Waals surface area (Å²) >= 11 is 0. The Kier molecular flexibility index (Phi) is 8.10. The molecule has 0 fully saturated rings. The molecule has 0 saturated carbocycles. The molecule has 0 N–H and O–H groups in total. The van der Waals surface area contributed by atoms with Crippen LogP contribution in [0.1, 0.15) is 69.8 Å². The molecule has 4 rings (SSSR count). The molecule has 212 valence electrons. The lowest BCUT2D eigenvalue weighted by molar-refractivity contribution is -0.141. The van der Waals surface area contributed by atoms with Gasteiger partial charge in [0.15, 0.2) is 11.5 Å². The Morgan fingerprint density at radius 2 is 1.35 bits per heavy atom. The summed E-state index contributed by atoms with van der Waals surface area (Å²) in [7, 11) is 0. The summed E-state index contributed by atoms with van der Waals surface area (Å²) < 4.78 is 69.1. The van der Waals surface area contributed by atoms with Crippen molar-refractivity contribution in [1.29, 1.82) is 0 Å². The zero-order valence-electron chi connectivity index (χ0n) is 23.3. The number of aromatic nitrogens is 5. The normalized spacial score (nSPS) is 12.5. The van der Waals surface area contributed by atoms with E-state index in [1.807, 2.05) is 26.0 Å². The maximum atomic E-state index is 14.7. The second-order valence-corrected chi connectivity index (χ2v) is 11.4. The Bertz CT molecular complexity index is 1500. The number of pyridine rings is 3. The van der Waals surface area contributed by atoms with Gasteiger partial charge in [0.2, 0.25) is 11.9 Å². The molecule has 0 aliphatic heterocycles. The van der Waals surface area contributed by atoms with E-state index < -0.39 is 29.2 Å². The van der Waals surface area contributed by atoms with Crippen molar-refractivity contribution in [2.24, 2.45) is 11.8 Å². The van der Waals surface area contributed by atoms with Gasteiger partial charge in [-0.05, 0) is 92.1 Å². The van der Waals surface area contributed by atoms with Gasteiger partial charge >= 0.3 is 6.18 Å². The van der Waals surface area contributed by atoms with Gasteiger partial charge in [-0.1, -0.05) is 27.7 Å². The largest absolute Gasteiger partial charge is 0.435 e. The SMILES string of the molecule is CC(C)Cc1cc(-c2ccc(F)nc2F)nc(C(C)(C)c2cc(CC(C)C)cc(-n3ccc(C(F)(F)F)n3)n2)c1. The first-order chi connectivity index (χ1) is 18.6. The quantitative estimate of drug-likeness (QED) is 0.164. The molecule has 0 atom stereocenters. The van der Waals surface area contributed by atoms with Gasteiger partial charge in [-0.25, -0.2) is 9.67 Å². The molecule has 4 aromatic heterocycles. The maximum Gasteiger partial charge on any atom is 0.435 e. The molecule has 0 radical (unpaired) electrons. The van der Waals surface area contributed by atoms with Crippen LogP contribution in [0.5, 0.6) is 0 Å². The van der Waals surface area contributed by atoms with Crippen LogP contribution in [0.15, 0.2) is 48.7 Å². The number of halogens is 5. The van der Waals surface area contributed by atoms with E-state index in [0.717, 1.165) is 27.9 Å². The summed E-state index contributed by atoms with van der Waals surface area (Å²) in [5, 5.41) is 3.72. The fraction of sp³-hybridized carbons (Fsp3) is 0.400. The second kappa shape index (κ2) is 11.1. The summed E-state index contributed by atoms with van der Waals surface area (Å²) in [6, 6.07) is 10.7. The minimum Gasteiger partial charge on any atom is -0.252 e. The Morgan fingerprint density at radius 1 is 0.750 bits per heavy atom. The van der Waals surface area contributed by atoms with Crippen molar-refractivity contribution >= 4 is 0 Å². The maximum absolute atomic E-state index is 14.7. The van der Waals surface area contributed by atoms with E-state index >= 15 is 0 Å². The lowest BCUT2D eigenvalue weighted by atomic mass is 9.82. The third kappa shape index (κ3) is 6.54. The van der Waals surface area contributed by atoms with E-state index in [1.165, 1.54) is 12.3 Å². The third-order valence-electron chi connectivity index (χ3n) is 6.53. The molecular weight excluding hydrogens is 525 g/mol. The molecule has 0 bridgehead atoms. The van der Waals surface area contributed by atoms with E-state index in [1.54, 1.807) is 12.1 Å². The molecule has 0 unspecified atom stereocenters. The minimum absolute atomic E-state index is 0.0717. The predicted molar refractivity (Wildman–Crippen MR) is 143 cm³/mol. The lowest BCUT2D eigenvalue weighted by Gasteiger charge is -2.27.